The second-order valence-electron chi connectivity index (χ2n) is 17.4. The Morgan fingerprint density at radius 3 is 0.642 bits per heavy atom. The molecular weight excluding hydrogens is 645 g/mol. The summed E-state index contributed by atoms with van der Waals surface area (Å²) in [6.07, 6.45) is 65.7. The Bertz CT molecular complexity index is 651. The van der Waals surface area contributed by atoms with Crippen LogP contribution in [0.25, 0.3) is 0 Å². The zero-order valence-electron chi connectivity index (χ0n) is 36.9. The van der Waals surface area contributed by atoms with Gasteiger partial charge in [-0.15, -0.1) is 0 Å². The van der Waals surface area contributed by atoms with E-state index in [1.165, 1.54) is 283 Å². The van der Waals surface area contributed by atoms with Crippen molar-refractivity contribution < 1.29 is 4.79 Å². The van der Waals surface area contributed by atoms with E-state index in [-0.39, 0.29) is 5.91 Å². The molecule has 3 N–H and O–H groups in total. The maximum Gasteiger partial charge on any atom is 0.220 e. The predicted octanol–water partition coefficient (Wildman–Crippen LogP) is 17.0. The van der Waals surface area contributed by atoms with Crippen molar-refractivity contribution in [1.29, 1.82) is 0 Å². The number of hydrogen-bond donors (Lipinski definition) is 2. The van der Waals surface area contributed by atoms with Crippen LogP contribution >= 0.6 is 0 Å². The lowest BCUT2D eigenvalue weighted by Gasteiger charge is -2.05. The van der Waals surface area contributed by atoms with E-state index < -0.39 is 0 Å². The second-order valence-corrected chi connectivity index (χ2v) is 17.4. The van der Waals surface area contributed by atoms with Gasteiger partial charge in [-0.1, -0.05) is 289 Å². The van der Waals surface area contributed by atoms with Gasteiger partial charge in [0.05, 0.1) is 0 Å². The first kappa shape index (κ1) is 52.4. The third-order valence-electron chi connectivity index (χ3n) is 12.0. The molecule has 53 heavy (non-hydrogen) atoms. The third kappa shape index (κ3) is 49.4. The van der Waals surface area contributed by atoms with Crippen molar-refractivity contribution in [2.45, 2.75) is 302 Å². The molecule has 0 aromatic carbocycles. The van der Waals surface area contributed by atoms with Crippen LogP contribution in [0.2, 0.25) is 0 Å². The van der Waals surface area contributed by atoms with Crippen LogP contribution in [0.4, 0.5) is 0 Å². The minimum absolute atomic E-state index is 0.164. The largest absolute Gasteiger partial charge is 0.355 e. The molecule has 0 aliphatic carbocycles. The van der Waals surface area contributed by atoms with Gasteiger partial charge >= 0.3 is 0 Å². The molecule has 0 rings (SSSR count). The van der Waals surface area contributed by atoms with E-state index in [2.05, 4.69) is 12.2 Å². The smallest absolute Gasteiger partial charge is 0.220 e. The Kier molecular flexibility index (Phi) is 48.9. The number of amides is 1. The lowest BCUT2D eigenvalue weighted by molar-refractivity contribution is -0.121. The summed E-state index contributed by atoms with van der Waals surface area (Å²) in [5.74, 6) is 0.164. The highest BCUT2D eigenvalue weighted by molar-refractivity contribution is 5.75. The number of nitrogens with two attached hydrogens (primary N) is 1. The van der Waals surface area contributed by atoms with Crippen LogP contribution in [0.15, 0.2) is 0 Å². The standard InChI is InChI=1S/C50H102N2O/c1-2-3-4-5-6-7-8-9-10-11-12-13-14-15-16-17-18-19-20-21-22-23-24-25-26-27-28-29-30-31-32-33-34-35-36-37-38-39-40-41-42-43-44-45-46-47-50(53)52-49-48-51/h2-49,51H2,1H3,(H,52,53). The van der Waals surface area contributed by atoms with E-state index in [1.807, 2.05) is 0 Å². The zero-order valence-corrected chi connectivity index (χ0v) is 36.9. The number of carbonyl (C=O) groups excluding carboxylic acids is 1. The molecule has 0 saturated heterocycles. The van der Waals surface area contributed by atoms with Gasteiger partial charge in [-0.2, -0.15) is 0 Å². The summed E-state index contributed by atoms with van der Waals surface area (Å²) in [5.41, 5.74) is 5.41. The molecule has 318 valence electrons. The highest BCUT2D eigenvalue weighted by Crippen LogP contribution is 2.18. The van der Waals surface area contributed by atoms with Gasteiger partial charge < -0.3 is 11.1 Å². The van der Waals surface area contributed by atoms with Gasteiger partial charge in [0.15, 0.2) is 0 Å². The zero-order chi connectivity index (χ0) is 38.2. The minimum atomic E-state index is 0.164. The fourth-order valence-corrected chi connectivity index (χ4v) is 8.26. The SMILES string of the molecule is CCCCCCCCCCCCCCCCCCCCCCCCCCCCCCCCCCCCCCCCCCCCCCCC(=O)NCCN. The fourth-order valence-electron chi connectivity index (χ4n) is 8.26. The van der Waals surface area contributed by atoms with E-state index in [0.29, 0.717) is 19.5 Å². The van der Waals surface area contributed by atoms with E-state index in [0.717, 1.165) is 6.42 Å². The molecule has 0 spiro atoms. The molecule has 0 fully saturated rings. The molecule has 3 heteroatoms. The molecule has 0 unspecified atom stereocenters. The second kappa shape index (κ2) is 49.4. The number of rotatable bonds is 48. The van der Waals surface area contributed by atoms with Gasteiger partial charge in [0.2, 0.25) is 5.91 Å². The van der Waals surface area contributed by atoms with Crippen LogP contribution in [-0.2, 0) is 4.79 Å². The van der Waals surface area contributed by atoms with Crippen molar-refractivity contribution in [3.8, 4) is 0 Å². The van der Waals surface area contributed by atoms with Gasteiger partial charge in [-0.3, -0.25) is 4.79 Å². The number of carbonyl (C=O) groups is 1. The van der Waals surface area contributed by atoms with E-state index in [1.54, 1.807) is 0 Å². The molecule has 0 aliphatic heterocycles. The third-order valence-corrected chi connectivity index (χ3v) is 12.0. The van der Waals surface area contributed by atoms with Crippen molar-refractivity contribution in [1.82, 2.24) is 5.32 Å². The van der Waals surface area contributed by atoms with Crippen LogP contribution in [0.1, 0.15) is 302 Å². The number of hydrogen-bond acceptors (Lipinski definition) is 2. The molecule has 0 aromatic heterocycles. The summed E-state index contributed by atoms with van der Waals surface area (Å²) in [7, 11) is 0. The van der Waals surface area contributed by atoms with Crippen molar-refractivity contribution in [2.24, 2.45) is 5.73 Å². The lowest BCUT2D eigenvalue weighted by atomic mass is 10.0. The lowest BCUT2D eigenvalue weighted by Crippen LogP contribution is -2.28. The topological polar surface area (TPSA) is 55.1 Å². The molecule has 0 aliphatic rings. The summed E-state index contributed by atoms with van der Waals surface area (Å²) in [6, 6.07) is 0. The Morgan fingerprint density at radius 2 is 0.472 bits per heavy atom. The molecule has 0 bridgehead atoms. The predicted molar refractivity (Wildman–Crippen MR) is 240 cm³/mol. The fraction of sp³-hybridized carbons (Fsp3) is 0.980. The normalized spacial score (nSPS) is 11.5. The minimum Gasteiger partial charge on any atom is -0.355 e. The summed E-state index contributed by atoms with van der Waals surface area (Å²) in [6.45, 7) is 3.45. The average molecular weight is 747 g/mol. The van der Waals surface area contributed by atoms with E-state index in [4.69, 9.17) is 5.73 Å². The van der Waals surface area contributed by atoms with Crippen LogP contribution in [0.3, 0.4) is 0 Å². The van der Waals surface area contributed by atoms with Gasteiger partial charge in [-0.25, -0.2) is 0 Å². The average Bonchev–Trinajstić information content (AvgIpc) is 3.17. The van der Waals surface area contributed by atoms with E-state index >= 15 is 0 Å². The number of nitrogens with one attached hydrogen (secondary N) is 1. The van der Waals surface area contributed by atoms with Crippen molar-refractivity contribution in [3.63, 3.8) is 0 Å². The molecule has 3 nitrogen and oxygen atoms in total. The van der Waals surface area contributed by atoms with Gasteiger partial charge in [-0.05, 0) is 6.42 Å². The molecule has 0 atom stereocenters. The highest BCUT2D eigenvalue weighted by Gasteiger charge is 2.01. The molecule has 0 aromatic rings. The Morgan fingerprint density at radius 1 is 0.302 bits per heavy atom. The quantitative estimate of drug-likeness (QED) is 0.0609. The summed E-state index contributed by atoms with van der Waals surface area (Å²) < 4.78 is 0. The van der Waals surface area contributed by atoms with Crippen LogP contribution in [0.5, 0.6) is 0 Å². The van der Waals surface area contributed by atoms with Crippen molar-refractivity contribution >= 4 is 5.91 Å². The van der Waals surface area contributed by atoms with E-state index in [9.17, 15) is 4.79 Å². The van der Waals surface area contributed by atoms with Crippen LogP contribution < -0.4 is 11.1 Å². The Labute approximate surface area is 336 Å². The van der Waals surface area contributed by atoms with Gasteiger partial charge in [0.1, 0.15) is 0 Å². The Hall–Kier alpha value is -0.570. The van der Waals surface area contributed by atoms with Crippen molar-refractivity contribution in [2.75, 3.05) is 13.1 Å². The van der Waals surface area contributed by atoms with Crippen LogP contribution in [-0.4, -0.2) is 19.0 Å². The van der Waals surface area contributed by atoms with Crippen LogP contribution in [0, 0.1) is 0 Å². The van der Waals surface area contributed by atoms with Gasteiger partial charge in [0.25, 0.3) is 0 Å². The Balaban J connectivity index is 3.07. The first-order chi connectivity index (χ1) is 26.3. The molecule has 0 radical (unpaired) electrons. The molecule has 0 saturated carbocycles. The molecular formula is C50H102N2O. The molecule has 1 amide bonds. The van der Waals surface area contributed by atoms with Crippen molar-refractivity contribution in [3.05, 3.63) is 0 Å². The summed E-state index contributed by atoms with van der Waals surface area (Å²) >= 11 is 0. The molecule has 0 heterocycles. The summed E-state index contributed by atoms with van der Waals surface area (Å²) in [4.78, 5) is 11.5. The monoisotopic (exact) mass is 747 g/mol. The maximum absolute atomic E-state index is 11.5. The summed E-state index contributed by atoms with van der Waals surface area (Å²) in [5, 5.41) is 2.85. The first-order valence-corrected chi connectivity index (χ1v) is 25.3. The first-order valence-electron chi connectivity index (χ1n) is 25.3. The van der Waals surface area contributed by atoms with Gasteiger partial charge in [0, 0.05) is 19.5 Å². The number of unbranched alkanes of at least 4 members (excludes halogenated alkanes) is 44. The maximum atomic E-state index is 11.5. The highest BCUT2D eigenvalue weighted by atomic mass is 16.1.